The Bertz CT molecular complexity index is 1870. The average molecular weight is 551 g/mol. The number of nitrogens with zero attached hydrogens (tertiary/aromatic N) is 6. The molecule has 0 radical (unpaired) electrons. The topological polar surface area (TPSA) is 78.0 Å². The van der Waals surface area contributed by atoms with Gasteiger partial charge in [-0.25, -0.2) is 4.99 Å². The van der Waals surface area contributed by atoms with Crippen LogP contribution in [0.25, 0.3) is 16.8 Å². The summed E-state index contributed by atoms with van der Waals surface area (Å²) in [7, 11) is 0. The Labute approximate surface area is 234 Å². The molecule has 3 atom stereocenters. The third-order valence-corrected chi connectivity index (χ3v) is 9.04. The summed E-state index contributed by atoms with van der Waals surface area (Å²) in [5.41, 5.74) is 9.14. The van der Waals surface area contributed by atoms with Crippen molar-refractivity contribution in [3.8, 4) is 16.8 Å². The number of hydrogen-bond donors (Lipinski definition) is 0. The molecule has 4 aromatic rings. The first kappa shape index (κ1) is 23.7. The van der Waals surface area contributed by atoms with E-state index in [0.29, 0.717) is 17.0 Å². The molecule has 2 aliphatic heterocycles. The monoisotopic (exact) mass is 550 g/mol. The van der Waals surface area contributed by atoms with E-state index >= 15 is 4.39 Å². The molecule has 0 amide bonds. The van der Waals surface area contributed by atoms with Crippen molar-refractivity contribution in [2.75, 3.05) is 0 Å². The Morgan fingerprint density at radius 3 is 2.75 bits per heavy atom. The van der Waals surface area contributed by atoms with Gasteiger partial charge in [0.15, 0.2) is 0 Å². The number of aliphatic imine (C=N–C) groups is 1. The van der Waals surface area contributed by atoms with Gasteiger partial charge in [0.2, 0.25) is 5.95 Å². The third kappa shape index (κ3) is 3.66. The minimum atomic E-state index is -0.448. The van der Waals surface area contributed by atoms with E-state index in [2.05, 4.69) is 39.2 Å². The fourth-order valence-corrected chi connectivity index (χ4v) is 6.99. The van der Waals surface area contributed by atoms with Gasteiger partial charge in [-0.3, -0.25) is 4.79 Å². The fourth-order valence-electron chi connectivity index (χ4n) is 6.82. The normalized spacial score (nSPS) is 22.7. The molecule has 2 aromatic carbocycles. The number of benzene rings is 2. The maximum Gasteiger partial charge on any atom is 0.251 e. The van der Waals surface area contributed by atoms with Gasteiger partial charge in [-0.1, -0.05) is 35.9 Å². The number of halogens is 2. The van der Waals surface area contributed by atoms with Crippen molar-refractivity contribution in [3.05, 3.63) is 116 Å². The Morgan fingerprint density at radius 2 is 1.90 bits per heavy atom. The summed E-state index contributed by atoms with van der Waals surface area (Å²) in [6.07, 6.45) is 5.69. The number of allylic oxidation sites excluding steroid dienone is 2. The molecule has 198 valence electrons. The van der Waals surface area contributed by atoms with Crippen LogP contribution in [-0.4, -0.2) is 30.5 Å². The van der Waals surface area contributed by atoms with E-state index in [9.17, 15) is 4.79 Å². The minimum Gasteiger partial charge on any atom is -0.305 e. The zero-order valence-corrected chi connectivity index (χ0v) is 22.3. The highest BCUT2D eigenvalue weighted by Gasteiger charge is 2.55. The molecular weight excluding hydrogens is 527 g/mol. The van der Waals surface area contributed by atoms with Gasteiger partial charge in [-0.15, -0.1) is 5.10 Å². The van der Waals surface area contributed by atoms with E-state index in [-0.39, 0.29) is 23.4 Å². The number of tetrazole rings is 1. The van der Waals surface area contributed by atoms with Crippen molar-refractivity contribution >= 4 is 17.3 Å². The van der Waals surface area contributed by atoms with Crippen LogP contribution in [0, 0.1) is 5.92 Å². The summed E-state index contributed by atoms with van der Waals surface area (Å²) in [6.45, 7) is 4.13. The zero-order valence-electron chi connectivity index (χ0n) is 21.5. The van der Waals surface area contributed by atoms with Crippen molar-refractivity contribution in [2.24, 2.45) is 10.9 Å². The lowest BCUT2D eigenvalue weighted by molar-refractivity contribution is 0.497. The lowest BCUT2D eigenvalue weighted by Gasteiger charge is -2.21. The minimum absolute atomic E-state index is 0.157. The van der Waals surface area contributed by atoms with Crippen molar-refractivity contribution in [1.82, 2.24) is 24.8 Å². The zero-order chi connectivity index (χ0) is 27.1. The summed E-state index contributed by atoms with van der Waals surface area (Å²) in [6, 6.07) is 15.1. The molecule has 3 unspecified atom stereocenters. The van der Waals surface area contributed by atoms with E-state index in [1.807, 2.05) is 24.3 Å². The molecule has 0 spiro atoms. The van der Waals surface area contributed by atoms with Crippen molar-refractivity contribution < 1.29 is 4.39 Å². The summed E-state index contributed by atoms with van der Waals surface area (Å²) in [5.74, 6) is -0.0305. The molecule has 4 aliphatic rings. The maximum absolute atomic E-state index is 15.5. The summed E-state index contributed by atoms with van der Waals surface area (Å²) in [5, 5.41) is 12.0. The number of fused-ring (bicyclic) bond motifs is 4. The van der Waals surface area contributed by atoms with Crippen LogP contribution >= 0.6 is 11.6 Å². The standard InChI is InChI=1S/C31H24ClFN6O/c1-16-2-3-18-9-19(5-4-17(18)8-16)26-14-25(31(33)35-26)30-24-13-23(24)28-10-20(11-29(40)39(28)30)22-12-21(32)6-7-27(22)38-15-34-36-37-38/h4-7,9-12,15,23-24,30H,1-3,8,13-14H2. The van der Waals surface area contributed by atoms with E-state index in [1.165, 1.54) is 23.0 Å². The quantitative estimate of drug-likeness (QED) is 0.233. The van der Waals surface area contributed by atoms with Crippen molar-refractivity contribution in [3.63, 3.8) is 0 Å². The number of aromatic nitrogens is 5. The SMILES string of the molecule is C=C1CCc2cc(C3=NC(F)=C(C4C5CC5c5cc(-c6cc(Cl)ccc6-n6cnnn6)cc(=O)n54)C3)ccc2C1. The first-order chi connectivity index (χ1) is 19.4. The molecule has 8 rings (SSSR count). The first-order valence-corrected chi connectivity index (χ1v) is 13.9. The van der Waals surface area contributed by atoms with Crippen molar-refractivity contribution in [1.29, 1.82) is 0 Å². The third-order valence-electron chi connectivity index (χ3n) is 8.81. The van der Waals surface area contributed by atoms with Crippen LogP contribution in [0.5, 0.6) is 0 Å². The Hall–Kier alpha value is -4.17. The smallest absolute Gasteiger partial charge is 0.251 e. The lowest BCUT2D eigenvalue weighted by Crippen LogP contribution is -2.26. The average Bonchev–Trinajstić information content (AvgIpc) is 3.23. The van der Waals surface area contributed by atoms with Gasteiger partial charge < -0.3 is 4.57 Å². The fraction of sp³-hybridized carbons (Fsp3) is 0.258. The van der Waals surface area contributed by atoms with Gasteiger partial charge in [0, 0.05) is 40.3 Å². The highest BCUT2D eigenvalue weighted by molar-refractivity contribution is 6.31. The maximum atomic E-state index is 15.5. The number of pyridine rings is 1. The molecule has 9 heteroatoms. The van der Waals surface area contributed by atoms with Gasteiger partial charge in [0.1, 0.15) is 6.33 Å². The molecule has 40 heavy (non-hydrogen) atoms. The largest absolute Gasteiger partial charge is 0.305 e. The molecule has 0 N–H and O–H groups in total. The van der Waals surface area contributed by atoms with E-state index in [1.54, 1.807) is 21.4 Å². The van der Waals surface area contributed by atoms with Gasteiger partial charge in [-0.05, 0) is 94.6 Å². The molecule has 2 aromatic heterocycles. The van der Waals surface area contributed by atoms with Gasteiger partial charge in [0.25, 0.3) is 5.56 Å². The molecular formula is C31H24ClFN6O. The van der Waals surface area contributed by atoms with Crippen LogP contribution in [0.1, 0.15) is 53.6 Å². The summed E-state index contributed by atoms with van der Waals surface area (Å²) >= 11 is 6.35. The van der Waals surface area contributed by atoms with E-state index in [0.717, 1.165) is 59.5 Å². The molecule has 1 fully saturated rings. The van der Waals surface area contributed by atoms with Gasteiger partial charge in [-0.2, -0.15) is 9.07 Å². The molecule has 2 aliphatic carbocycles. The Morgan fingerprint density at radius 1 is 1.00 bits per heavy atom. The van der Waals surface area contributed by atoms with Crippen molar-refractivity contribution in [2.45, 2.75) is 44.1 Å². The number of hydrogen-bond acceptors (Lipinski definition) is 5. The van der Waals surface area contributed by atoms with Gasteiger partial charge in [0.05, 0.1) is 17.4 Å². The summed E-state index contributed by atoms with van der Waals surface area (Å²) < 4.78 is 18.8. The highest BCUT2D eigenvalue weighted by atomic mass is 35.5. The van der Waals surface area contributed by atoms with Crippen LogP contribution in [0.3, 0.4) is 0 Å². The van der Waals surface area contributed by atoms with Crippen LogP contribution in [0.15, 0.2) is 88.3 Å². The van der Waals surface area contributed by atoms with Gasteiger partial charge >= 0.3 is 0 Å². The highest BCUT2D eigenvalue weighted by Crippen LogP contribution is 2.62. The lowest BCUT2D eigenvalue weighted by atomic mass is 9.86. The molecule has 4 heterocycles. The number of aryl methyl sites for hydroxylation is 1. The van der Waals surface area contributed by atoms with Crippen LogP contribution in [0.2, 0.25) is 5.02 Å². The summed E-state index contributed by atoms with van der Waals surface area (Å²) in [4.78, 5) is 18.0. The molecule has 0 saturated heterocycles. The van der Waals surface area contributed by atoms with Crippen LogP contribution < -0.4 is 5.56 Å². The Kier molecular flexibility index (Phi) is 5.13. The second-order valence-corrected chi connectivity index (χ2v) is 11.6. The van der Waals surface area contributed by atoms with E-state index in [4.69, 9.17) is 11.6 Å². The molecule has 0 bridgehead atoms. The van der Waals surface area contributed by atoms with Crippen LogP contribution in [0.4, 0.5) is 4.39 Å². The van der Waals surface area contributed by atoms with E-state index < -0.39 is 5.95 Å². The Balaban J connectivity index is 1.14. The molecule has 1 saturated carbocycles. The second-order valence-electron chi connectivity index (χ2n) is 11.2. The first-order valence-electron chi connectivity index (χ1n) is 13.5. The number of rotatable bonds is 4. The van der Waals surface area contributed by atoms with Crippen LogP contribution in [-0.2, 0) is 12.8 Å². The molecule has 7 nitrogen and oxygen atoms in total. The predicted octanol–water partition coefficient (Wildman–Crippen LogP) is 5.92. The second kappa shape index (κ2) is 8.66. The predicted molar refractivity (Wildman–Crippen MR) is 151 cm³/mol.